The smallest absolute Gasteiger partial charge is 0.224 e. The number of aromatic nitrogens is 3. The van der Waals surface area contributed by atoms with E-state index in [2.05, 4.69) is 28.1 Å². The Kier molecular flexibility index (Phi) is 5.29. The summed E-state index contributed by atoms with van der Waals surface area (Å²) in [6.45, 7) is 4.80. The fraction of sp³-hybridized carbons (Fsp3) is 0.550. The van der Waals surface area contributed by atoms with E-state index in [1.165, 1.54) is 25.9 Å². The first-order valence-electron chi connectivity index (χ1n) is 9.73. The topological polar surface area (TPSA) is 54.3 Å². The number of hydrogen-bond donors (Lipinski definition) is 0. The Bertz CT molecular complexity index is 724. The van der Waals surface area contributed by atoms with Crippen LogP contribution in [0.3, 0.4) is 0 Å². The molecule has 2 aliphatic heterocycles. The molecule has 0 saturated carbocycles. The van der Waals surface area contributed by atoms with Gasteiger partial charge in [-0.3, -0.25) is 14.7 Å². The lowest BCUT2D eigenvalue weighted by atomic mass is 10.1. The predicted octanol–water partition coefficient (Wildman–Crippen LogP) is 2.63. The van der Waals surface area contributed by atoms with Crippen LogP contribution in [0.25, 0.3) is 0 Å². The van der Waals surface area contributed by atoms with Crippen molar-refractivity contribution in [3.05, 3.63) is 48.3 Å². The Labute approximate surface area is 154 Å². The lowest BCUT2D eigenvalue weighted by Gasteiger charge is -2.25. The molecule has 2 aromatic heterocycles. The van der Waals surface area contributed by atoms with Crippen molar-refractivity contribution in [2.24, 2.45) is 0 Å². The standard InChI is InChI=1S/C20H27N5O/c26-20(8-13-24-14-9-21-16-24)25-12-4-7-19(25)18-6-3-5-17(22-18)15-23-10-1-2-11-23/h3,5-6,9,14,16,19H,1-2,4,7-8,10-13,15H2/t19-/m1/s1. The molecule has 1 amide bonds. The number of pyridine rings is 1. The Morgan fingerprint density at radius 3 is 2.85 bits per heavy atom. The number of carbonyl (C=O) groups is 1. The van der Waals surface area contributed by atoms with Gasteiger partial charge in [0.1, 0.15) is 0 Å². The van der Waals surface area contributed by atoms with Crippen LogP contribution >= 0.6 is 0 Å². The number of carbonyl (C=O) groups excluding carboxylic acids is 1. The molecule has 4 heterocycles. The molecule has 26 heavy (non-hydrogen) atoms. The van der Waals surface area contributed by atoms with Gasteiger partial charge in [-0.1, -0.05) is 6.07 Å². The Morgan fingerprint density at radius 1 is 1.15 bits per heavy atom. The van der Waals surface area contributed by atoms with Gasteiger partial charge in [0.2, 0.25) is 5.91 Å². The maximum absolute atomic E-state index is 12.7. The number of aryl methyl sites for hydroxylation is 1. The molecule has 0 unspecified atom stereocenters. The van der Waals surface area contributed by atoms with Crippen molar-refractivity contribution < 1.29 is 4.79 Å². The summed E-state index contributed by atoms with van der Waals surface area (Å²) < 4.78 is 1.96. The van der Waals surface area contributed by atoms with E-state index in [1.54, 1.807) is 12.5 Å². The van der Waals surface area contributed by atoms with Crippen molar-refractivity contribution in [1.82, 2.24) is 24.3 Å². The zero-order valence-electron chi connectivity index (χ0n) is 15.3. The first kappa shape index (κ1) is 17.2. The second-order valence-electron chi connectivity index (χ2n) is 7.33. The van der Waals surface area contributed by atoms with Crippen molar-refractivity contribution in [1.29, 1.82) is 0 Å². The number of hydrogen-bond acceptors (Lipinski definition) is 4. The summed E-state index contributed by atoms with van der Waals surface area (Å²) in [5, 5.41) is 0. The molecule has 138 valence electrons. The van der Waals surface area contributed by atoms with Crippen molar-refractivity contribution in [3.63, 3.8) is 0 Å². The highest BCUT2D eigenvalue weighted by atomic mass is 16.2. The van der Waals surface area contributed by atoms with E-state index in [0.29, 0.717) is 13.0 Å². The molecule has 0 aliphatic carbocycles. The van der Waals surface area contributed by atoms with Gasteiger partial charge in [-0.2, -0.15) is 0 Å². The minimum absolute atomic E-state index is 0.129. The zero-order chi connectivity index (χ0) is 17.8. The van der Waals surface area contributed by atoms with Gasteiger partial charge in [0.15, 0.2) is 0 Å². The molecule has 2 aromatic rings. The third-order valence-electron chi connectivity index (χ3n) is 5.47. The minimum Gasteiger partial charge on any atom is -0.337 e. The van der Waals surface area contributed by atoms with E-state index < -0.39 is 0 Å². The minimum atomic E-state index is 0.129. The van der Waals surface area contributed by atoms with Crippen molar-refractivity contribution in [3.8, 4) is 0 Å². The molecular formula is C20H27N5O. The molecule has 2 fully saturated rings. The van der Waals surface area contributed by atoms with Crippen LogP contribution in [0, 0.1) is 0 Å². The molecule has 2 aliphatic rings. The van der Waals surface area contributed by atoms with Crippen LogP contribution in [0.4, 0.5) is 0 Å². The first-order chi connectivity index (χ1) is 12.8. The maximum atomic E-state index is 12.7. The number of imidazole rings is 1. The fourth-order valence-corrected chi connectivity index (χ4v) is 4.10. The predicted molar refractivity (Wildman–Crippen MR) is 99.3 cm³/mol. The highest BCUT2D eigenvalue weighted by Crippen LogP contribution is 2.31. The number of amides is 1. The number of rotatable bonds is 6. The number of likely N-dealkylation sites (tertiary alicyclic amines) is 2. The van der Waals surface area contributed by atoms with E-state index in [0.717, 1.165) is 37.3 Å². The van der Waals surface area contributed by atoms with Gasteiger partial charge >= 0.3 is 0 Å². The third-order valence-corrected chi connectivity index (χ3v) is 5.47. The molecular weight excluding hydrogens is 326 g/mol. The first-order valence-corrected chi connectivity index (χ1v) is 9.73. The van der Waals surface area contributed by atoms with Gasteiger partial charge in [-0.05, 0) is 50.9 Å². The van der Waals surface area contributed by atoms with Crippen LogP contribution in [-0.4, -0.2) is 49.9 Å². The zero-order valence-corrected chi connectivity index (χ0v) is 15.3. The highest BCUT2D eigenvalue weighted by Gasteiger charge is 2.30. The molecule has 0 spiro atoms. The Hall–Kier alpha value is -2.21. The molecule has 0 N–H and O–H groups in total. The van der Waals surface area contributed by atoms with Crippen LogP contribution in [0.5, 0.6) is 0 Å². The van der Waals surface area contributed by atoms with E-state index in [4.69, 9.17) is 4.98 Å². The van der Waals surface area contributed by atoms with Gasteiger partial charge in [-0.25, -0.2) is 4.98 Å². The maximum Gasteiger partial charge on any atom is 0.224 e. The second kappa shape index (κ2) is 7.99. The third kappa shape index (κ3) is 3.96. The van der Waals surface area contributed by atoms with E-state index in [9.17, 15) is 4.79 Å². The van der Waals surface area contributed by atoms with Gasteiger partial charge < -0.3 is 9.47 Å². The van der Waals surface area contributed by atoms with Gasteiger partial charge in [-0.15, -0.1) is 0 Å². The fourth-order valence-electron chi connectivity index (χ4n) is 4.10. The Morgan fingerprint density at radius 2 is 2.04 bits per heavy atom. The van der Waals surface area contributed by atoms with E-state index in [-0.39, 0.29) is 11.9 Å². The second-order valence-corrected chi connectivity index (χ2v) is 7.33. The summed E-state index contributed by atoms with van der Waals surface area (Å²) in [5.74, 6) is 0.216. The van der Waals surface area contributed by atoms with Crippen molar-refractivity contribution in [2.45, 2.75) is 51.2 Å². The molecule has 6 nitrogen and oxygen atoms in total. The van der Waals surface area contributed by atoms with Gasteiger partial charge in [0.05, 0.1) is 23.8 Å². The summed E-state index contributed by atoms with van der Waals surface area (Å²) >= 11 is 0. The highest BCUT2D eigenvalue weighted by molar-refractivity contribution is 5.76. The van der Waals surface area contributed by atoms with Gasteiger partial charge in [0.25, 0.3) is 0 Å². The van der Waals surface area contributed by atoms with Crippen LogP contribution < -0.4 is 0 Å². The van der Waals surface area contributed by atoms with E-state index in [1.807, 2.05) is 15.7 Å². The Balaban J connectivity index is 1.41. The largest absolute Gasteiger partial charge is 0.337 e. The average molecular weight is 353 g/mol. The summed E-state index contributed by atoms with van der Waals surface area (Å²) in [4.78, 5) is 26.2. The normalized spacial score (nSPS) is 20.8. The lowest BCUT2D eigenvalue weighted by molar-refractivity contribution is -0.132. The summed E-state index contributed by atoms with van der Waals surface area (Å²) in [5.41, 5.74) is 2.18. The van der Waals surface area contributed by atoms with Crippen molar-refractivity contribution >= 4 is 5.91 Å². The molecule has 4 rings (SSSR count). The summed E-state index contributed by atoms with van der Waals surface area (Å²) in [6.07, 6.45) is 10.6. The van der Waals surface area contributed by atoms with Crippen molar-refractivity contribution in [2.75, 3.05) is 19.6 Å². The average Bonchev–Trinajstić information content (AvgIpc) is 3.41. The van der Waals surface area contributed by atoms with Crippen LogP contribution in [0.15, 0.2) is 36.9 Å². The van der Waals surface area contributed by atoms with Crippen LogP contribution in [0.1, 0.15) is 49.5 Å². The summed E-state index contributed by atoms with van der Waals surface area (Å²) in [7, 11) is 0. The summed E-state index contributed by atoms with van der Waals surface area (Å²) in [6, 6.07) is 6.42. The molecule has 0 radical (unpaired) electrons. The molecule has 1 atom stereocenters. The van der Waals surface area contributed by atoms with E-state index >= 15 is 0 Å². The number of nitrogens with zero attached hydrogens (tertiary/aromatic N) is 5. The van der Waals surface area contributed by atoms with Crippen LogP contribution in [-0.2, 0) is 17.9 Å². The quantitative estimate of drug-likeness (QED) is 0.801. The lowest BCUT2D eigenvalue weighted by Crippen LogP contribution is -2.31. The molecule has 0 bridgehead atoms. The SMILES string of the molecule is O=C(CCn1ccnc1)N1CCC[C@@H]1c1cccc(CN2CCCC2)n1. The van der Waals surface area contributed by atoms with Gasteiger partial charge in [0, 0.05) is 38.4 Å². The monoisotopic (exact) mass is 353 g/mol. The molecule has 6 heteroatoms. The molecule has 0 aromatic carbocycles. The van der Waals surface area contributed by atoms with Crippen LogP contribution in [0.2, 0.25) is 0 Å². The molecule has 2 saturated heterocycles.